The third-order valence-corrected chi connectivity index (χ3v) is 6.64. The van der Waals surface area contributed by atoms with Crippen LogP contribution in [0.2, 0.25) is 0 Å². The summed E-state index contributed by atoms with van der Waals surface area (Å²) in [6, 6.07) is 12.0. The van der Waals surface area contributed by atoms with E-state index in [1.165, 1.54) is 15.9 Å². The van der Waals surface area contributed by atoms with Gasteiger partial charge in [0.25, 0.3) is 0 Å². The predicted molar refractivity (Wildman–Crippen MR) is 122 cm³/mol. The zero-order valence-electron chi connectivity index (χ0n) is 18.1. The van der Waals surface area contributed by atoms with Gasteiger partial charge in [0.1, 0.15) is 28.9 Å². The number of allylic oxidation sites excluding steroid dienone is 1. The molecule has 8 heteroatoms. The molecule has 34 heavy (non-hydrogen) atoms. The molecule has 0 fully saturated rings. The minimum absolute atomic E-state index is 0.0922. The number of nitrogens with two attached hydrogens (primary N) is 1. The first-order valence-electron chi connectivity index (χ1n) is 10.8. The Morgan fingerprint density at radius 3 is 2.62 bits per heavy atom. The molecule has 0 radical (unpaired) electrons. The van der Waals surface area contributed by atoms with Gasteiger partial charge in [0.15, 0.2) is 5.78 Å². The topological polar surface area (TPSA) is 90.4 Å². The highest BCUT2D eigenvalue weighted by Gasteiger charge is 2.62. The molecular weight excluding hydrogens is 438 g/mol. The third kappa shape index (κ3) is 2.64. The standard InChI is InChI=1S/C26H20F2N4O2/c1-2-12-31-19-7-4-3-6-16(19)26(25(31)34)17(14-29)24(30)32(20-11-10-15(27)13-18(20)28)21-8-5-9-22(33)23(21)26/h2-4,6-7,10-11,13H,1,5,8-9,12,30H2. The van der Waals surface area contributed by atoms with Gasteiger partial charge < -0.3 is 10.6 Å². The van der Waals surface area contributed by atoms with Crippen LogP contribution in [0, 0.1) is 23.0 Å². The number of fused-ring (bicyclic) bond motifs is 3. The molecule has 1 unspecified atom stereocenters. The number of nitrogens with zero attached hydrogens (tertiary/aromatic N) is 3. The molecule has 2 aromatic carbocycles. The van der Waals surface area contributed by atoms with Gasteiger partial charge in [-0.15, -0.1) is 6.58 Å². The number of anilines is 2. The van der Waals surface area contributed by atoms with Crippen LogP contribution in [0.1, 0.15) is 24.8 Å². The second-order valence-electron chi connectivity index (χ2n) is 8.37. The van der Waals surface area contributed by atoms with Crippen LogP contribution in [0.4, 0.5) is 20.2 Å². The Morgan fingerprint density at radius 1 is 1.15 bits per heavy atom. The highest BCUT2D eigenvalue weighted by Crippen LogP contribution is 2.56. The third-order valence-electron chi connectivity index (χ3n) is 6.64. The number of carbonyl (C=O) groups is 2. The monoisotopic (exact) mass is 458 g/mol. The second kappa shape index (κ2) is 7.66. The van der Waals surface area contributed by atoms with Crippen LogP contribution in [0.3, 0.4) is 0 Å². The van der Waals surface area contributed by atoms with Crippen molar-refractivity contribution in [2.24, 2.45) is 5.73 Å². The number of rotatable bonds is 3. The molecule has 170 valence electrons. The quantitative estimate of drug-likeness (QED) is 0.704. The normalized spacial score (nSPS) is 21.7. The zero-order valence-corrected chi connectivity index (χ0v) is 18.1. The number of hydrogen-bond donors (Lipinski definition) is 1. The van der Waals surface area contributed by atoms with E-state index in [9.17, 15) is 23.6 Å². The van der Waals surface area contributed by atoms with E-state index < -0.39 is 23.0 Å². The van der Waals surface area contributed by atoms with E-state index in [4.69, 9.17) is 5.73 Å². The maximum Gasteiger partial charge on any atom is 0.248 e. The van der Waals surface area contributed by atoms with E-state index in [1.807, 2.05) is 0 Å². The number of hydrogen-bond acceptors (Lipinski definition) is 5. The summed E-state index contributed by atoms with van der Waals surface area (Å²) in [5.41, 5.74) is 6.02. The fourth-order valence-electron chi connectivity index (χ4n) is 5.38. The average Bonchev–Trinajstić information content (AvgIpc) is 3.05. The predicted octanol–water partition coefficient (Wildman–Crippen LogP) is 3.96. The van der Waals surface area contributed by atoms with E-state index >= 15 is 0 Å². The van der Waals surface area contributed by atoms with Crippen LogP contribution in [0.15, 0.2) is 77.8 Å². The molecule has 1 spiro atoms. The second-order valence-corrected chi connectivity index (χ2v) is 8.37. The first-order chi connectivity index (χ1) is 16.4. The van der Waals surface area contributed by atoms with Gasteiger partial charge in [0.05, 0.1) is 11.3 Å². The first kappa shape index (κ1) is 21.6. The average molecular weight is 458 g/mol. The van der Waals surface area contributed by atoms with E-state index in [-0.39, 0.29) is 41.4 Å². The molecule has 0 saturated carbocycles. The van der Waals surface area contributed by atoms with Crippen molar-refractivity contribution < 1.29 is 18.4 Å². The lowest BCUT2D eigenvalue weighted by molar-refractivity contribution is -0.124. The minimum Gasteiger partial charge on any atom is -0.384 e. The Kier molecular flexibility index (Phi) is 4.87. The molecule has 0 bridgehead atoms. The summed E-state index contributed by atoms with van der Waals surface area (Å²) in [4.78, 5) is 30.4. The molecule has 3 aliphatic rings. The molecule has 5 rings (SSSR count). The van der Waals surface area contributed by atoms with Crippen molar-refractivity contribution in [3.63, 3.8) is 0 Å². The first-order valence-corrected chi connectivity index (χ1v) is 10.8. The molecule has 2 heterocycles. The minimum atomic E-state index is -1.74. The molecule has 0 saturated heterocycles. The largest absolute Gasteiger partial charge is 0.384 e. The van der Waals surface area contributed by atoms with E-state index in [0.717, 1.165) is 6.07 Å². The van der Waals surface area contributed by atoms with Crippen molar-refractivity contribution in [3.05, 3.63) is 95.0 Å². The van der Waals surface area contributed by atoms with Gasteiger partial charge in [-0.2, -0.15) is 5.26 Å². The fraction of sp³-hybridized carbons (Fsp3) is 0.192. The van der Waals surface area contributed by atoms with Crippen LogP contribution in [0.25, 0.3) is 0 Å². The van der Waals surface area contributed by atoms with Crippen molar-refractivity contribution in [1.29, 1.82) is 5.26 Å². The van der Waals surface area contributed by atoms with Gasteiger partial charge in [0, 0.05) is 41.6 Å². The number of ketones is 1. The summed E-state index contributed by atoms with van der Waals surface area (Å²) >= 11 is 0. The Labute approximate surface area is 194 Å². The van der Waals surface area contributed by atoms with Crippen LogP contribution >= 0.6 is 0 Å². The molecule has 1 amide bonds. The smallest absolute Gasteiger partial charge is 0.248 e. The fourth-order valence-corrected chi connectivity index (χ4v) is 5.38. The van der Waals surface area contributed by atoms with E-state index in [2.05, 4.69) is 12.6 Å². The molecule has 2 aromatic rings. The number of benzene rings is 2. The maximum absolute atomic E-state index is 14.9. The lowest BCUT2D eigenvalue weighted by atomic mass is 9.63. The number of para-hydroxylation sites is 1. The Balaban J connectivity index is 1.89. The van der Waals surface area contributed by atoms with Crippen LogP contribution < -0.4 is 15.5 Å². The number of nitriles is 1. The molecule has 1 aliphatic carbocycles. The molecule has 6 nitrogen and oxygen atoms in total. The van der Waals surface area contributed by atoms with Crippen molar-refractivity contribution in [1.82, 2.24) is 0 Å². The van der Waals surface area contributed by atoms with Gasteiger partial charge in [-0.3, -0.25) is 14.5 Å². The van der Waals surface area contributed by atoms with Gasteiger partial charge in [-0.1, -0.05) is 24.3 Å². The van der Waals surface area contributed by atoms with Crippen LogP contribution in [0.5, 0.6) is 0 Å². The number of halogens is 2. The van der Waals surface area contributed by atoms with E-state index in [0.29, 0.717) is 35.9 Å². The molecule has 0 aromatic heterocycles. The summed E-state index contributed by atoms with van der Waals surface area (Å²) in [5.74, 6) is -2.61. The lowest BCUT2D eigenvalue weighted by Crippen LogP contribution is -2.52. The highest BCUT2D eigenvalue weighted by molar-refractivity contribution is 6.20. The molecule has 1 atom stereocenters. The van der Waals surface area contributed by atoms with Crippen LogP contribution in [-0.4, -0.2) is 18.2 Å². The van der Waals surface area contributed by atoms with Gasteiger partial charge in [0.2, 0.25) is 5.91 Å². The zero-order chi connectivity index (χ0) is 24.2. The summed E-state index contributed by atoms with van der Waals surface area (Å²) < 4.78 is 28.5. The van der Waals surface area contributed by atoms with Crippen molar-refractivity contribution in [2.75, 3.05) is 16.3 Å². The van der Waals surface area contributed by atoms with Crippen LogP contribution in [-0.2, 0) is 15.0 Å². The summed E-state index contributed by atoms with van der Waals surface area (Å²) in [5, 5.41) is 10.3. The van der Waals surface area contributed by atoms with Gasteiger partial charge >= 0.3 is 0 Å². The molecular formula is C26H20F2N4O2. The Bertz CT molecular complexity index is 1390. The molecule has 2 aliphatic heterocycles. The van der Waals surface area contributed by atoms with Crippen molar-refractivity contribution in [3.8, 4) is 6.07 Å². The lowest BCUT2D eigenvalue weighted by Gasteiger charge is -2.43. The van der Waals surface area contributed by atoms with Crippen molar-refractivity contribution in [2.45, 2.75) is 24.7 Å². The Morgan fingerprint density at radius 2 is 1.91 bits per heavy atom. The maximum atomic E-state index is 14.9. The summed E-state index contributed by atoms with van der Waals surface area (Å²) in [7, 11) is 0. The number of amides is 1. The van der Waals surface area contributed by atoms with Gasteiger partial charge in [-0.25, -0.2) is 8.78 Å². The Hall–Kier alpha value is -4.25. The van der Waals surface area contributed by atoms with E-state index in [1.54, 1.807) is 30.3 Å². The number of Topliss-reactive ketones (excluding diaryl/α,β-unsaturated/α-hetero) is 1. The SMILES string of the molecule is C=CCN1C(=O)C2(C(C#N)=C(N)N(c3ccc(F)cc3F)C3=C2C(=O)CCC3)c2ccccc21. The van der Waals surface area contributed by atoms with Gasteiger partial charge in [-0.05, 0) is 31.0 Å². The van der Waals surface area contributed by atoms with Crippen molar-refractivity contribution >= 4 is 23.1 Å². The summed E-state index contributed by atoms with van der Waals surface area (Å²) in [6.07, 6.45) is 2.54. The number of carbonyl (C=O) groups excluding carboxylic acids is 2. The highest BCUT2D eigenvalue weighted by atomic mass is 19.1. The summed E-state index contributed by atoms with van der Waals surface area (Å²) in [6.45, 7) is 3.90. The molecule has 2 N–H and O–H groups in total.